The lowest BCUT2D eigenvalue weighted by Gasteiger charge is -2.43. The van der Waals surface area contributed by atoms with Gasteiger partial charge in [-0.2, -0.15) is 0 Å². The Labute approximate surface area is 81.9 Å². The molecule has 1 atom stereocenters. The van der Waals surface area contributed by atoms with Gasteiger partial charge in [-0.3, -0.25) is 0 Å². The first-order chi connectivity index (χ1) is 6.75. The van der Waals surface area contributed by atoms with Crippen LogP contribution in [-0.4, -0.2) is 49.2 Å². The maximum absolute atomic E-state index is 11.0. The van der Waals surface area contributed by atoms with E-state index in [0.29, 0.717) is 39.3 Å². The molecular formula is C9H14O5. The zero-order valence-electron chi connectivity index (χ0n) is 7.90. The number of aliphatic carboxylic acids is 1. The second-order valence-corrected chi connectivity index (χ2v) is 3.61. The zero-order chi connectivity index (χ0) is 10.0. The molecular weight excluding hydrogens is 188 g/mol. The van der Waals surface area contributed by atoms with Gasteiger partial charge < -0.3 is 19.3 Å². The van der Waals surface area contributed by atoms with Crippen LogP contribution in [-0.2, 0) is 19.0 Å². The summed E-state index contributed by atoms with van der Waals surface area (Å²) in [5, 5.41) is 9.01. The van der Waals surface area contributed by atoms with Crippen molar-refractivity contribution >= 4 is 5.97 Å². The van der Waals surface area contributed by atoms with E-state index in [2.05, 4.69) is 0 Å². The van der Waals surface area contributed by atoms with Gasteiger partial charge in [0.25, 0.3) is 0 Å². The van der Waals surface area contributed by atoms with Crippen molar-refractivity contribution in [2.24, 2.45) is 0 Å². The van der Waals surface area contributed by atoms with Crippen LogP contribution in [0.4, 0.5) is 0 Å². The van der Waals surface area contributed by atoms with Gasteiger partial charge in [-0.05, 0) is 0 Å². The molecule has 0 aliphatic carbocycles. The Hall–Kier alpha value is -0.650. The molecule has 2 aliphatic heterocycles. The molecule has 0 bridgehead atoms. The standard InChI is InChI=1S/C9H14O5/c10-8(11)7-9(14-6-5-13-7)1-3-12-4-2-9/h7H,1-6H2,(H,10,11)/t7-/m1/s1. The fourth-order valence-electron chi connectivity index (χ4n) is 2.06. The van der Waals surface area contributed by atoms with Crippen LogP contribution >= 0.6 is 0 Å². The topological polar surface area (TPSA) is 65.0 Å². The SMILES string of the molecule is O=C(O)[C@H]1OCCOC12CCOCC2. The van der Waals surface area contributed by atoms with Gasteiger partial charge in [0.1, 0.15) is 5.60 Å². The number of ether oxygens (including phenoxy) is 3. The summed E-state index contributed by atoms with van der Waals surface area (Å²) in [5.74, 6) is -0.938. The zero-order valence-corrected chi connectivity index (χ0v) is 7.90. The molecule has 2 aliphatic rings. The molecule has 5 heteroatoms. The van der Waals surface area contributed by atoms with Crippen LogP contribution in [0.5, 0.6) is 0 Å². The number of carboxylic acids is 1. The highest BCUT2D eigenvalue weighted by Crippen LogP contribution is 2.33. The molecule has 2 heterocycles. The number of hydrogen-bond donors (Lipinski definition) is 1. The molecule has 80 valence electrons. The van der Waals surface area contributed by atoms with Crippen molar-refractivity contribution in [2.45, 2.75) is 24.5 Å². The second-order valence-electron chi connectivity index (χ2n) is 3.61. The fraction of sp³-hybridized carbons (Fsp3) is 0.889. The van der Waals surface area contributed by atoms with Crippen molar-refractivity contribution < 1.29 is 24.1 Å². The Bertz CT molecular complexity index is 213. The molecule has 2 fully saturated rings. The van der Waals surface area contributed by atoms with Crippen molar-refractivity contribution in [3.8, 4) is 0 Å². The highest BCUT2D eigenvalue weighted by Gasteiger charge is 2.48. The lowest BCUT2D eigenvalue weighted by atomic mass is 9.87. The predicted molar refractivity (Wildman–Crippen MR) is 46.1 cm³/mol. The third-order valence-electron chi connectivity index (χ3n) is 2.80. The van der Waals surface area contributed by atoms with E-state index in [0.717, 1.165) is 0 Å². The van der Waals surface area contributed by atoms with E-state index in [1.807, 2.05) is 0 Å². The molecule has 0 unspecified atom stereocenters. The van der Waals surface area contributed by atoms with Crippen molar-refractivity contribution in [3.05, 3.63) is 0 Å². The maximum atomic E-state index is 11.0. The Kier molecular flexibility index (Phi) is 2.71. The van der Waals surface area contributed by atoms with Gasteiger partial charge in [0.2, 0.25) is 0 Å². The van der Waals surface area contributed by atoms with E-state index in [4.69, 9.17) is 19.3 Å². The van der Waals surface area contributed by atoms with E-state index in [9.17, 15) is 4.79 Å². The van der Waals surface area contributed by atoms with Crippen molar-refractivity contribution in [1.82, 2.24) is 0 Å². The van der Waals surface area contributed by atoms with Gasteiger partial charge in [-0.15, -0.1) is 0 Å². The van der Waals surface area contributed by atoms with Crippen LogP contribution in [0.15, 0.2) is 0 Å². The van der Waals surface area contributed by atoms with Crippen LogP contribution in [0.25, 0.3) is 0 Å². The minimum Gasteiger partial charge on any atom is -0.479 e. The normalized spacial score (nSPS) is 31.6. The molecule has 2 saturated heterocycles. The van der Waals surface area contributed by atoms with E-state index in [1.165, 1.54) is 0 Å². The lowest BCUT2D eigenvalue weighted by molar-refractivity contribution is -0.234. The molecule has 0 aromatic rings. The maximum Gasteiger partial charge on any atom is 0.335 e. The highest BCUT2D eigenvalue weighted by atomic mass is 16.6. The van der Waals surface area contributed by atoms with E-state index < -0.39 is 17.7 Å². The number of carboxylic acid groups (broad SMARTS) is 1. The summed E-state index contributed by atoms with van der Waals surface area (Å²) in [5.41, 5.74) is -0.650. The van der Waals surface area contributed by atoms with Crippen molar-refractivity contribution in [3.63, 3.8) is 0 Å². The minimum absolute atomic E-state index is 0.361. The molecule has 0 amide bonds. The van der Waals surface area contributed by atoms with Gasteiger partial charge in [0, 0.05) is 26.1 Å². The van der Waals surface area contributed by atoms with Crippen LogP contribution in [0.3, 0.4) is 0 Å². The van der Waals surface area contributed by atoms with Gasteiger partial charge >= 0.3 is 5.97 Å². The Morgan fingerprint density at radius 1 is 1.21 bits per heavy atom. The highest BCUT2D eigenvalue weighted by molar-refractivity contribution is 5.74. The molecule has 5 nitrogen and oxygen atoms in total. The number of carbonyl (C=O) groups is 1. The summed E-state index contributed by atoms with van der Waals surface area (Å²) >= 11 is 0. The first-order valence-corrected chi connectivity index (χ1v) is 4.81. The number of rotatable bonds is 1. The van der Waals surface area contributed by atoms with Gasteiger partial charge in [-0.1, -0.05) is 0 Å². The van der Waals surface area contributed by atoms with E-state index >= 15 is 0 Å². The lowest BCUT2D eigenvalue weighted by Crippen LogP contribution is -2.57. The number of hydrogen-bond acceptors (Lipinski definition) is 4. The largest absolute Gasteiger partial charge is 0.479 e. The summed E-state index contributed by atoms with van der Waals surface area (Å²) in [4.78, 5) is 11.0. The summed E-state index contributed by atoms with van der Waals surface area (Å²) in [7, 11) is 0. The van der Waals surface area contributed by atoms with Crippen LogP contribution in [0.1, 0.15) is 12.8 Å². The van der Waals surface area contributed by atoms with Crippen LogP contribution in [0, 0.1) is 0 Å². The average Bonchev–Trinajstić information content (AvgIpc) is 2.19. The quantitative estimate of drug-likeness (QED) is 0.650. The first kappa shape index (κ1) is 9.89. The summed E-state index contributed by atoms with van der Waals surface area (Å²) in [6, 6.07) is 0. The molecule has 14 heavy (non-hydrogen) atoms. The molecule has 1 N–H and O–H groups in total. The van der Waals surface area contributed by atoms with E-state index in [1.54, 1.807) is 0 Å². The van der Waals surface area contributed by atoms with Crippen molar-refractivity contribution in [2.75, 3.05) is 26.4 Å². The van der Waals surface area contributed by atoms with Gasteiger partial charge in [0.15, 0.2) is 6.10 Å². The summed E-state index contributed by atoms with van der Waals surface area (Å²) in [6.45, 7) is 1.93. The second kappa shape index (κ2) is 3.84. The Morgan fingerprint density at radius 2 is 1.93 bits per heavy atom. The van der Waals surface area contributed by atoms with Crippen LogP contribution < -0.4 is 0 Å². The monoisotopic (exact) mass is 202 g/mol. The first-order valence-electron chi connectivity index (χ1n) is 4.81. The molecule has 0 aromatic heterocycles. The Balaban J connectivity index is 2.14. The molecule has 1 spiro atoms. The molecule has 2 rings (SSSR count). The summed E-state index contributed by atoms with van der Waals surface area (Å²) in [6.07, 6.45) is 0.369. The minimum atomic E-state index is -0.938. The van der Waals surface area contributed by atoms with Gasteiger partial charge in [-0.25, -0.2) is 4.79 Å². The summed E-state index contributed by atoms with van der Waals surface area (Å²) < 4.78 is 16.0. The average molecular weight is 202 g/mol. The van der Waals surface area contributed by atoms with Crippen molar-refractivity contribution in [1.29, 1.82) is 0 Å². The fourth-order valence-corrected chi connectivity index (χ4v) is 2.06. The smallest absolute Gasteiger partial charge is 0.335 e. The third-order valence-corrected chi connectivity index (χ3v) is 2.80. The molecule has 0 radical (unpaired) electrons. The predicted octanol–water partition coefficient (Wildman–Crippen LogP) is 0.0356. The van der Waals surface area contributed by atoms with Gasteiger partial charge in [0.05, 0.1) is 13.2 Å². The van der Waals surface area contributed by atoms with E-state index in [-0.39, 0.29) is 0 Å². The molecule has 0 saturated carbocycles. The Morgan fingerprint density at radius 3 is 2.57 bits per heavy atom. The molecule has 0 aromatic carbocycles. The third kappa shape index (κ3) is 1.63. The van der Waals surface area contributed by atoms with Crippen LogP contribution in [0.2, 0.25) is 0 Å².